The number of carbonyl (C=O) groups excluding carboxylic acids is 1. The van der Waals surface area contributed by atoms with Crippen molar-refractivity contribution in [3.63, 3.8) is 0 Å². The summed E-state index contributed by atoms with van der Waals surface area (Å²) >= 11 is 1.73. The number of halogens is 2. The standard InChI is InChI=1S/C19H24N2OS.2ClH/c1-16-7-8-19(23-16)13-18(22)15-21-11-9-20(10-12-21)14-17-5-3-2-4-6-17;;/h2-8H,9-15H2,1H3;2*1H. The Kier molecular flexibility index (Phi) is 9.69. The molecule has 0 saturated carbocycles. The number of nitrogens with zero attached hydrogens (tertiary/aromatic N) is 2. The molecule has 0 atom stereocenters. The Bertz CT molecular complexity index is 640. The van der Waals surface area contributed by atoms with Gasteiger partial charge in [0.1, 0.15) is 0 Å². The predicted molar refractivity (Wildman–Crippen MR) is 110 cm³/mol. The van der Waals surface area contributed by atoms with Crippen molar-refractivity contribution >= 4 is 41.9 Å². The molecule has 2 aromatic rings. The molecule has 25 heavy (non-hydrogen) atoms. The molecule has 1 fully saturated rings. The summed E-state index contributed by atoms with van der Waals surface area (Å²) in [7, 11) is 0. The average Bonchev–Trinajstić information content (AvgIpc) is 2.95. The van der Waals surface area contributed by atoms with E-state index in [1.54, 1.807) is 11.3 Å². The predicted octanol–water partition coefficient (Wildman–Crippen LogP) is 3.83. The fraction of sp³-hybridized carbons (Fsp3) is 0.421. The fourth-order valence-electron chi connectivity index (χ4n) is 3.03. The summed E-state index contributed by atoms with van der Waals surface area (Å²) in [5.74, 6) is 0.336. The number of benzene rings is 1. The third-order valence-corrected chi connectivity index (χ3v) is 5.28. The molecule has 2 heterocycles. The number of hydrogen-bond donors (Lipinski definition) is 0. The minimum absolute atomic E-state index is 0. The number of aryl methyl sites for hydroxylation is 1. The van der Waals surface area contributed by atoms with E-state index >= 15 is 0 Å². The third kappa shape index (κ3) is 7.08. The number of rotatable bonds is 6. The first-order chi connectivity index (χ1) is 11.2. The van der Waals surface area contributed by atoms with Crippen LogP contribution in [0.3, 0.4) is 0 Å². The van der Waals surface area contributed by atoms with Crippen molar-refractivity contribution in [3.8, 4) is 0 Å². The van der Waals surface area contributed by atoms with Gasteiger partial charge < -0.3 is 0 Å². The number of thiophene rings is 1. The van der Waals surface area contributed by atoms with Crippen LogP contribution in [0.15, 0.2) is 42.5 Å². The highest BCUT2D eigenvalue weighted by molar-refractivity contribution is 7.12. The molecule has 1 aromatic carbocycles. The third-order valence-electron chi connectivity index (χ3n) is 4.28. The van der Waals surface area contributed by atoms with Gasteiger partial charge in [-0.25, -0.2) is 0 Å². The van der Waals surface area contributed by atoms with Gasteiger partial charge >= 0.3 is 0 Å². The largest absolute Gasteiger partial charge is 0.298 e. The van der Waals surface area contributed by atoms with Crippen LogP contribution >= 0.6 is 36.2 Å². The van der Waals surface area contributed by atoms with E-state index in [4.69, 9.17) is 0 Å². The molecule has 0 radical (unpaired) electrons. The topological polar surface area (TPSA) is 23.6 Å². The quantitative estimate of drug-likeness (QED) is 0.735. The minimum Gasteiger partial charge on any atom is -0.298 e. The lowest BCUT2D eigenvalue weighted by Gasteiger charge is -2.34. The van der Waals surface area contributed by atoms with Crippen LogP contribution in [0.25, 0.3) is 0 Å². The van der Waals surface area contributed by atoms with E-state index in [0.717, 1.165) is 32.7 Å². The van der Waals surface area contributed by atoms with Crippen molar-refractivity contribution in [2.45, 2.75) is 19.9 Å². The van der Waals surface area contributed by atoms with E-state index in [1.807, 2.05) is 0 Å². The number of Topliss-reactive ketones (excluding diaryl/α,β-unsaturated/α-hetero) is 1. The van der Waals surface area contributed by atoms with Gasteiger partial charge in [-0.2, -0.15) is 0 Å². The number of ketones is 1. The second-order valence-electron chi connectivity index (χ2n) is 6.27. The van der Waals surface area contributed by atoms with Crippen molar-refractivity contribution < 1.29 is 4.79 Å². The SMILES string of the molecule is Cc1ccc(CC(=O)CN2CCN(Cc3ccccc3)CC2)s1.Cl.Cl. The van der Waals surface area contributed by atoms with Crippen LogP contribution in [0.4, 0.5) is 0 Å². The van der Waals surface area contributed by atoms with Crippen LogP contribution in [0.5, 0.6) is 0 Å². The van der Waals surface area contributed by atoms with E-state index in [2.05, 4.69) is 59.2 Å². The molecule has 1 aliphatic heterocycles. The highest BCUT2D eigenvalue weighted by atomic mass is 35.5. The Morgan fingerprint density at radius 1 is 0.960 bits per heavy atom. The van der Waals surface area contributed by atoms with E-state index < -0.39 is 0 Å². The maximum absolute atomic E-state index is 12.2. The molecule has 6 heteroatoms. The summed E-state index contributed by atoms with van der Waals surface area (Å²) in [6, 6.07) is 14.8. The zero-order chi connectivity index (χ0) is 16.1. The zero-order valence-electron chi connectivity index (χ0n) is 14.5. The molecule has 1 saturated heterocycles. The Morgan fingerprint density at radius 3 is 2.20 bits per heavy atom. The summed E-state index contributed by atoms with van der Waals surface area (Å²) < 4.78 is 0. The molecule has 3 rings (SSSR count). The van der Waals surface area contributed by atoms with E-state index in [0.29, 0.717) is 18.7 Å². The Morgan fingerprint density at radius 2 is 1.60 bits per heavy atom. The molecule has 0 amide bonds. The van der Waals surface area contributed by atoms with Gasteiger partial charge in [-0.05, 0) is 24.6 Å². The van der Waals surface area contributed by atoms with Crippen molar-refractivity contribution in [2.24, 2.45) is 0 Å². The van der Waals surface area contributed by atoms with Gasteiger partial charge in [0, 0.05) is 48.9 Å². The molecule has 0 spiro atoms. The summed E-state index contributed by atoms with van der Waals surface area (Å²) in [5.41, 5.74) is 1.37. The van der Waals surface area contributed by atoms with Crippen LogP contribution in [-0.4, -0.2) is 48.3 Å². The first-order valence-corrected chi connectivity index (χ1v) is 9.06. The summed E-state index contributed by atoms with van der Waals surface area (Å²) in [6.45, 7) is 7.75. The average molecular weight is 401 g/mol. The van der Waals surface area contributed by atoms with Gasteiger partial charge in [0.15, 0.2) is 5.78 Å². The first-order valence-electron chi connectivity index (χ1n) is 8.25. The van der Waals surface area contributed by atoms with Crippen LogP contribution < -0.4 is 0 Å². The van der Waals surface area contributed by atoms with Crippen molar-refractivity contribution in [1.29, 1.82) is 0 Å². The van der Waals surface area contributed by atoms with E-state index in [-0.39, 0.29) is 24.8 Å². The lowest BCUT2D eigenvalue weighted by atomic mass is 10.2. The Labute approximate surface area is 166 Å². The first kappa shape index (κ1) is 22.1. The fourth-order valence-corrected chi connectivity index (χ4v) is 3.95. The smallest absolute Gasteiger partial charge is 0.152 e. The summed E-state index contributed by atoms with van der Waals surface area (Å²) in [6.07, 6.45) is 0.586. The molecular weight excluding hydrogens is 375 g/mol. The molecule has 3 nitrogen and oxygen atoms in total. The van der Waals surface area contributed by atoms with Gasteiger partial charge in [-0.3, -0.25) is 14.6 Å². The van der Waals surface area contributed by atoms with Crippen molar-refractivity contribution in [1.82, 2.24) is 9.80 Å². The molecule has 0 N–H and O–H groups in total. The molecule has 138 valence electrons. The molecule has 1 aromatic heterocycles. The minimum atomic E-state index is 0. The molecule has 0 bridgehead atoms. The zero-order valence-corrected chi connectivity index (χ0v) is 17.0. The van der Waals surface area contributed by atoms with Crippen molar-refractivity contribution in [3.05, 3.63) is 57.8 Å². The van der Waals surface area contributed by atoms with Crippen LogP contribution in [0.1, 0.15) is 15.3 Å². The highest BCUT2D eigenvalue weighted by Gasteiger charge is 2.19. The van der Waals surface area contributed by atoms with Crippen LogP contribution in [0, 0.1) is 6.92 Å². The molecule has 0 aliphatic carbocycles. The maximum atomic E-state index is 12.2. The Balaban J connectivity index is 0.00000156. The lowest BCUT2D eigenvalue weighted by molar-refractivity contribution is -0.119. The number of hydrogen-bond acceptors (Lipinski definition) is 4. The number of piperazine rings is 1. The maximum Gasteiger partial charge on any atom is 0.152 e. The lowest BCUT2D eigenvalue weighted by Crippen LogP contribution is -2.47. The summed E-state index contributed by atoms with van der Waals surface area (Å²) in [5, 5.41) is 0. The van der Waals surface area contributed by atoms with Gasteiger partial charge in [-0.15, -0.1) is 36.2 Å². The number of carbonyl (C=O) groups is 1. The second kappa shape index (κ2) is 10.9. The van der Waals surface area contributed by atoms with E-state index in [9.17, 15) is 4.79 Å². The van der Waals surface area contributed by atoms with Crippen LogP contribution in [-0.2, 0) is 17.8 Å². The highest BCUT2D eigenvalue weighted by Crippen LogP contribution is 2.16. The van der Waals surface area contributed by atoms with Crippen molar-refractivity contribution in [2.75, 3.05) is 32.7 Å². The molecule has 0 unspecified atom stereocenters. The Hall–Kier alpha value is -0.910. The van der Waals surface area contributed by atoms with E-state index in [1.165, 1.54) is 15.3 Å². The molecular formula is C19H26Cl2N2OS. The van der Waals surface area contributed by atoms with Gasteiger partial charge in [0.05, 0.1) is 6.54 Å². The second-order valence-corrected chi connectivity index (χ2v) is 7.64. The van der Waals surface area contributed by atoms with Crippen LogP contribution in [0.2, 0.25) is 0 Å². The normalized spacial score (nSPS) is 15.2. The van der Waals surface area contributed by atoms with Gasteiger partial charge in [-0.1, -0.05) is 30.3 Å². The molecule has 1 aliphatic rings. The van der Waals surface area contributed by atoms with Gasteiger partial charge in [0.2, 0.25) is 0 Å². The summed E-state index contributed by atoms with van der Waals surface area (Å²) in [4.78, 5) is 19.5. The van der Waals surface area contributed by atoms with Gasteiger partial charge in [0.25, 0.3) is 0 Å². The monoisotopic (exact) mass is 400 g/mol.